The molecule has 0 radical (unpaired) electrons. The van der Waals surface area contributed by atoms with Gasteiger partial charge in [-0.15, -0.1) is 0 Å². The van der Waals surface area contributed by atoms with E-state index in [0.29, 0.717) is 22.6 Å². The number of anilines is 1. The van der Waals surface area contributed by atoms with Crippen molar-refractivity contribution >= 4 is 17.3 Å². The van der Waals surface area contributed by atoms with Gasteiger partial charge in [0.25, 0.3) is 0 Å². The average Bonchev–Trinajstić information content (AvgIpc) is 2.65. The molecule has 1 atom stereocenters. The van der Waals surface area contributed by atoms with Crippen molar-refractivity contribution in [2.24, 2.45) is 0 Å². The molecule has 1 fully saturated rings. The van der Waals surface area contributed by atoms with Gasteiger partial charge < -0.3 is 14.8 Å². The van der Waals surface area contributed by atoms with E-state index in [1.165, 1.54) is 12.1 Å². The number of rotatable bonds is 6. The van der Waals surface area contributed by atoms with Crippen molar-refractivity contribution in [3.63, 3.8) is 0 Å². The SMILES string of the molecule is COc1ccc(CN2CCC[C@@H](Nc3ccc(F)cc3)C2)c(Cl)c1OC. The Morgan fingerprint density at radius 2 is 1.92 bits per heavy atom. The van der Waals surface area contributed by atoms with E-state index in [1.807, 2.05) is 12.1 Å². The molecule has 1 aliphatic rings. The van der Waals surface area contributed by atoms with Crippen LogP contribution in [0.2, 0.25) is 5.02 Å². The zero-order valence-corrected chi connectivity index (χ0v) is 15.9. The Bertz CT molecular complexity index is 739. The summed E-state index contributed by atoms with van der Waals surface area (Å²) in [4.78, 5) is 2.37. The monoisotopic (exact) mass is 378 g/mol. The third-order valence-corrected chi connectivity index (χ3v) is 5.09. The number of likely N-dealkylation sites (tertiary alicyclic amines) is 1. The molecular formula is C20H24ClFN2O2. The first-order valence-corrected chi connectivity index (χ1v) is 9.12. The number of piperidine rings is 1. The van der Waals surface area contributed by atoms with E-state index in [1.54, 1.807) is 26.4 Å². The van der Waals surface area contributed by atoms with Gasteiger partial charge >= 0.3 is 0 Å². The third kappa shape index (κ3) is 4.40. The minimum atomic E-state index is -0.219. The summed E-state index contributed by atoms with van der Waals surface area (Å²) in [6.07, 6.45) is 2.19. The van der Waals surface area contributed by atoms with Crippen LogP contribution in [0.25, 0.3) is 0 Å². The molecule has 1 aliphatic heterocycles. The maximum absolute atomic E-state index is 13.1. The van der Waals surface area contributed by atoms with Crippen LogP contribution in [0, 0.1) is 5.82 Å². The first-order chi connectivity index (χ1) is 12.6. The Balaban J connectivity index is 1.66. The topological polar surface area (TPSA) is 33.7 Å². The van der Waals surface area contributed by atoms with Crippen LogP contribution in [0.4, 0.5) is 10.1 Å². The van der Waals surface area contributed by atoms with E-state index >= 15 is 0 Å². The highest BCUT2D eigenvalue weighted by atomic mass is 35.5. The summed E-state index contributed by atoms with van der Waals surface area (Å²) in [7, 11) is 3.20. The summed E-state index contributed by atoms with van der Waals surface area (Å²) in [5.41, 5.74) is 1.97. The molecule has 0 amide bonds. The van der Waals surface area contributed by atoms with E-state index in [0.717, 1.165) is 43.7 Å². The Hall–Kier alpha value is -1.98. The first-order valence-electron chi connectivity index (χ1n) is 8.74. The van der Waals surface area contributed by atoms with Gasteiger partial charge in [0.2, 0.25) is 0 Å². The van der Waals surface area contributed by atoms with Gasteiger partial charge in [0, 0.05) is 24.8 Å². The molecule has 3 rings (SSSR count). The van der Waals surface area contributed by atoms with Crippen molar-refractivity contribution in [1.29, 1.82) is 0 Å². The fraction of sp³-hybridized carbons (Fsp3) is 0.400. The molecule has 2 aromatic rings. The lowest BCUT2D eigenvalue weighted by Crippen LogP contribution is -2.41. The number of halogens is 2. The van der Waals surface area contributed by atoms with Crippen LogP contribution in [-0.2, 0) is 6.54 Å². The van der Waals surface area contributed by atoms with Gasteiger partial charge in [-0.1, -0.05) is 17.7 Å². The molecular weight excluding hydrogens is 355 g/mol. The van der Waals surface area contributed by atoms with Crippen LogP contribution in [-0.4, -0.2) is 38.3 Å². The smallest absolute Gasteiger partial charge is 0.179 e. The molecule has 6 heteroatoms. The maximum Gasteiger partial charge on any atom is 0.179 e. The van der Waals surface area contributed by atoms with Crippen LogP contribution in [0.15, 0.2) is 36.4 Å². The number of nitrogens with one attached hydrogen (secondary N) is 1. The fourth-order valence-corrected chi connectivity index (χ4v) is 3.68. The van der Waals surface area contributed by atoms with E-state index in [-0.39, 0.29) is 5.82 Å². The van der Waals surface area contributed by atoms with Crippen LogP contribution in [0.5, 0.6) is 11.5 Å². The number of hydrogen-bond acceptors (Lipinski definition) is 4. The molecule has 1 heterocycles. The molecule has 2 aromatic carbocycles. The molecule has 0 unspecified atom stereocenters. The zero-order chi connectivity index (χ0) is 18.5. The summed E-state index contributed by atoms with van der Waals surface area (Å²) in [6.45, 7) is 2.68. The molecule has 0 saturated carbocycles. The van der Waals surface area contributed by atoms with Crippen molar-refractivity contribution in [1.82, 2.24) is 4.90 Å². The number of ether oxygens (including phenoxy) is 2. The van der Waals surface area contributed by atoms with Gasteiger partial charge in [-0.2, -0.15) is 0 Å². The summed E-state index contributed by atoms with van der Waals surface area (Å²) < 4.78 is 23.7. The first kappa shape index (κ1) is 18.8. The quantitative estimate of drug-likeness (QED) is 0.798. The van der Waals surface area contributed by atoms with Gasteiger partial charge in [0.15, 0.2) is 11.5 Å². The molecule has 1 N–H and O–H groups in total. The lowest BCUT2D eigenvalue weighted by atomic mass is 10.0. The molecule has 0 aromatic heterocycles. The predicted octanol–water partition coefficient (Wildman–Crippen LogP) is 4.57. The zero-order valence-electron chi connectivity index (χ0n) is 15.1. The van der Waals surface area contributed by atoms with Crippen molar-refractivity contribution in [3.8, 4) is 11.5 Å². The Kier molecular flexibility index (Phi) is 6.22. The normalized spacial score (nSPS) is 17.8. The second-order valence-corrected chi connectivity index (χ2v) is 6.88. The lowest BCUT2D eigenvalue weighted by molar-refractivity contribution is 0.208. The molecule has 140 valence electrons. The molecule has 0 aliphatic carbocycles. The lowest BCUT2D eigenvalue weighted by Gasteiger charge is -2.34. The van der Waals surface area contributed by atoms with Gasteiger partial charge in [-0.05, 0) is 55.3 Å². The summed E-state index contributed by atoms with van der Waals surface area (Å²) in [6, 6.07) is 10.7. The van der Waals surface area contributed by atoms with Crippen molar-refractivity contribution in [2.75, 3.05) is 32.6 Å². The van der Waals surface area contributed by atoms with Crippen molar-refractivity contribution < 1.29 is 13.9 Å². The largest absolute Gasteiger partial charge is 0.493 e. The van der Waals surface area contributed by atoms with Crippen molar-refractivity contribution in [2.45, 2.75) is 25.4 Å². The minimum absolute atomic E-state index is 0.219. The fourth-order valence-electron chi connectivity index (χ4n) is 3.39. The van der Waals surface area contributed by atoms with Gasteiger partial charge in [-0.3, -0.25) is 4.90 Å². The second-order valence-electron chi connectivity index (χ2n) is 6.50. The third-order valence-electron chi connectivity index (χ3n) is 4.68. The van der Waals surface area contributed by atoms with Gasteiger partial charge in [0.05, 0.1) is 19.2 Å². The Morgan fingerprint density at radius 1 is 1.15 bits per heavy atom. The van der Waals surface area contributed by atoms with Crippen LogP contribution >= 0.6 is 11.6 Å². The molecule has 0 bridgehead atoms. The number of benzene rings is 2. The molecule has 4 nitrogen and oxygen atoms in total. The molecule has 26 heavy (non-hydrogen) atoms. The number of hydrogen-bond donors (Lipinski definition) is 1. The van der Waals surface area contributed by atoms with Crippen LogP contribution in [0.3, 0.4) is 0 Å². The maximum atomic E-state index is 13.1. The van der Waals surface area contributed by atoms with E-state index < -0.39 is 0 Å². The van der Waals surface area contributed by atoms with Gasteiger partial charge in [-0.25, -0.2) is 4.39 Å². The van der Waals surface area contributed by atoms with Gasteiger partial charge in [0.1, 0.15) is 5.82 Å². The highest BCUT2D eigenvalue weighted by molar-refractivity contribution is 6.33. The molecule has 0 spiro atoms. The second kappa shape index (κ2) is 8.60. The predicted molar refractivity (Wildman–Crippen MR) is 103 cm³/mol. The number of nitrogens with zero attached hydrogens (tertiary/aromatic N) is 1. The van der Waals surface area contributed by atoms with E-state index in [4.69, 9.17) is 21.1 Å². The van der Waals surface area contributed by atoms with Crippen LogP contribution < -0.4 is 14.8 Å². The molecule has 1 saturated heterocycles. The average molecular weight is 379 g/mol. The summed E-state index contributed by atoms with van der Waals surface area (Å²) in [5.74, 6) is 0.990. The Morgan fingerprint density at radius 3 is 2.62 bits per heavy atom. The van der Waals surface area contributed by atoms with Crippen LogP contribution in [0.1, 0.15) is 18.4 Å². The van der Waals surface area contributed by atoms with E-state index in [2.05, 4.69) is 10.2 Å². The highest BCUT2D eigenvalue weighted by Crippen LogP contribution is 2.38. The Labute approximate surface area is 158 Å². The van der Waals surface area contributed by atoms with Crippen molar-refractivity contribution in [3.05, 3.63) is 52.8 Å². The summed E-state index contributed by atoms with van der Waals surface area (Å²) >= 11 is 6.51. The minimum Gasteiger partial charge on any atom is -0.493 e. The van der Waals surface area contributed by atoms with E-state index in [9.17, 15) is 4.39 Å². The summed E-state index contributed by atoms with van der Waals surface area (Å²) in [5, 5.41) is 4.09. The standard InChI is InChI=1S/C20H24ClFN2O2/c1-25-18-10-5-14(19(21)20(18)26-2)12-24-11-3-4-17(13-24)23-16-8-6-15(22)7-9-16/h5-10,17,23H,3-4,11-13H2,1-2H3/t17-/m1/s1. The highest BCUT2D eigenvalue weighted by Gasteiger charge is 2.22. The number of methoxy groups -OCH3 is 2.